The fourth-order valence-corrected chi connectivity index (χ4v) is 5.16. The lowest BCUT2D eigenvalue weighted by Crippen LogP contribution is -2.18. The highest BCUT2D eigenvalue weighted by Crippen LogP contribution is 2.41. The summed E-state index contributed by atoms with van der Waals surface area (Å²) >= 11 is 8.11. The maximum Gasteiger partial charge on any atom is 0.348 e. The van der Waals surface area contributed by atoms with Gasteiger partial charge in [0.25, 0.3) is 0 Å². The number of hydrogen-bond acceptors (Lipinski definition) is 3. The number of rotatable bonds is 3. The van der Waals surface area contributed by atoms with Crippen LogP contribution in [-0.2, 0) is 0 Å². The number of benzene rings is 1. The lowest BCUT2D eigenvalue weighted by Gasteiger charge is -2.21. The van der Waals surface area contributed by atoms with E-state index in [0.29, 0.717) is 4.88 Å². The van der Waals surface area contributed by atoms with Crippen molar-refractivity contribution in [2.45, 2.75) is 12.8 Å². The molecule has 0 bridgehead atoms. The third-order valence-electron chi connectivity index (χ3n) is 3.60. The number of carboxylic acid groups (broad SMARTS) is 1. The summed E-state index contributed by atoms with van der Waals surface area (Å²) in [5.74, 6) is -1.93. The van der Waals surface area contributed by atoms with Crippen LogP contribution in [0.15, 0.2) is 27.1 Å². The first kappa shape index (κ1) is 16.0. The van der Waals surface area contributed by atoms with E-state index in [1.165, 1.54) is 18.9 Å². The van der Waals surface area contributed by atoms with Crippen molar-refractivity contribution < 1.29 is 14.3 Å². The largest absolute Gasteiger partial charge is 0.477 e. The van der Waals surface area contributed by atoms with Gasteiger partial charge in [-0.15, -0.1) is 11.3 Å². The summed E-state index contributed by atoms with van der Waals surface area (Å²) in [4.78, 5) is 13.6. The second-order valence-corrected chi connectivity index (χ2v) is 7.84. The summed E-state index contributed by atoms with van der Waals surface area (Å²) in [5.41, 5.74) is 1.88. The number of aromatic carboxylic acids is 1. The van der Waals surface area contributed by atoms with Crippen molar-refractivity contribution in [3.05, 3.63) is 37.8 Å². The average Bonchev–Trinajstić information content (AvgIpc) is 3.07. The summed E-state index contributed by atoms with van der Waals surface area (Å²) in [6, 6.07) is 5.10. The second kappa shape index (κ2) is 6.29. The van der Waals surface area contributed by atoms with E-state index in [1.54, 1.807) is 0 Å². The van der Waals surface area contributed by atoms with Gasteiger partial charge in [-0.3, -0.25) is 0 Å². The number of carboxylic acids is 1. The van der Waals surface area contributed by atoms with Crippen LogP contribution in [0.3, 0.4) is 0 Å². The molecule has 0 saturated carbocycles. The molecule has 0 aliphatic carbocycles. The molecule has 2 aromatic rings. The van der Waals surface area contributed by atoms with Gasteiger partial charge >= 0.3 is 5.97 Å². The monoisotopic (exact) mass is 447 g/mol. The van der Waals surface area contributed by atoms with Gasteiger partial charge < -0.3 is 10.0 Å². The summed E-state index contributed by atoms with van der Waals surface area (Å²) in [6.45, 7) is 2.04. The van der Waals surface area contributed by atoms with E-state index in [2.05, 4.69) is 36.8 Å². The highest BCUT2D eigenvalue weighted by Gasteiger charge is 2.21. The molecule has 3 rings (SSSR count). The van der Waals surface area contributed by atoms with E-state index in [9.17, 15) is 9.18 Å². The molecule has 1 aromatic heterocycles. The summed E-state index contributed by atoms with van der Waals surface area (Å²) < 4.78 is 15.5. The first-order valence-electron chi connectivity index (χ1n) is 6.74. The van der Waals surface area contributed by atoms with Gasteiger partial charge in [-0.1, -0.05) is 0 Å². The number of halogens is 3. The third-order valence-corrected chi connectivity index (χ3v) is 5.96. The van der Waals surface area contributed by atoms with Crippen molar-refractivity contribution in [1.82, 2.24) is 0 Å². The highest BCUT2D eigenvalue weighted by atomic mass is 79.9. The average molecular weight is 449 g/mol. The highest BCUT2D eigenvalue weighted by molar-refractivity contribution is 9.11. The molecule has 7 heteroatoms. The van der Waals surface area contributed by atoms with Gasteiger partial charge in [0.05, 0.1) is 5.69 Å². The van der Waals surface area contributed by atoms with Crippen molar-refractivity contribution in [1.29, 1.82) is 0 Å². The summed E-state index contributed by atoms with van der Waals surface area (Å²) in [7, 11) is 0. The Morgan fingerprint density at radius 3 is 2.27 bits per heavy atom. The van der Waals surface area contributed by atoms with Gasteiger partial charge in [-0.05, 0) is 68.5 Å². The van der Waals surface area contributed by atoms with E-state index < -0.39 is 11.8 Å². The van der Waals surface area contributed by atoms with E-state index >= 15 is 0 Å². The van der Waals surface area contributed by atoms with E-state index in [0.717, 1.165) is 44.6 Å². The minimum absolute atomic E-state index is 0.258. The third kappa shape index (κ3) is 2.94. The van der Waals surface area contributed by atoms with Crippen LogP contribution in [0.2, 0.25) is 0 Å². The minimum Gasteiger partial charge on any atom is -0.477 e. The molecule has 2 heterocycles. The van der Waals surface area contributed by atoms with Crippen molar-refractivity contribution in [3.63, 3.8) is 0 Å². The fourth-order valence-electron chi connectivity index (χ4n) is 2.61. The lowest BCUT2D eigenvalue weighted by molar-refractivity contribution is 0.0697. The molecule has 1 fully saturated rings. The van der Waals surface area contributed by atoms with Crippen LogP contribution in [0.5, 0.6) is 0 Å². The molecule has 0 amide bonds. The topological polar surface area (TPSA) is 40.5 Å². The van der Waals surface area contributed by atoms with Gasteiger partial charge in [0, 0.05) is 26.9 Å². The van der Waals surface area contributed by atoms with Crippen molar-refractivity contribution >= 4 is 54.9 Å². The Bertz CT molecular complexity index is 718. The maximum atomic E-state index is 13.7. The first-order chi connectivity index (χ1) is 10.5. The molecule has 0 radical (unpaired) electrons. The molecule has 22 heavy (non-hydrogen) atoms. The van der Waals surface area contributed by atoms with Gasteiger partial charge in [0.2, 0.25) is 0 Å². The molecule has 0 atom stereocenters. The molecular weight excluding hydrogens is 437 g/mol. The Hall–Kier alpha value is -0.920. The molecule has 0 spiro atoms. The zero-order valence-corrected chi connectivity index (χ0v) is 15.4. The molecule has 1 aromatic carbocycles. The Morgan fingerprint density at radius 2 is 1.77 bits per heavy atom. The second-order valence-electron chi connectivity index (χ2n) is 5.08. The molecular formula is C15H12Br2FNO2S. The van der Waals surface area contributed by atoms with E-state index in [1.807, 2.05) is 12.1 Å². The van der Waals surface area contributed by atoms with Crippen molar-refractivity contribution in [2.75, 3.05) is 18.0 Å². The lowest BCUT2D eigenvalue weighted by atomic mass is 10.1. The van der Waals surface area contributed by atoms with Crippen LogP contribution < -0.4 is 4.90 Å². The fraction of sp³-hybridized carbons (Fsp3) is 0.267. The summed E-state index contributed by atoms with van der Waals surface area (Å²) in [6.07, 6.45) is 2.36. The van der Waals surface area contributed by atoms with Crippen LogP contribution >= 0.6 is 43.2 Å². The zero-order chi connectivity index (χ0) is 15.9. The maximum absolute atomic E-state index is 13.7. The molecule has 1 aliphatic rings. The molecule has 3 nitrogen and oxygen atoms in total. The number of carbonyl (C=O) groups is 1. The predicted molar refractivity (Wildman–Crippen MR) is 93.5 cm³/mol. The molecule has 116 valence electrons. The molecule has 1 saturated heterocycles. The Kier molecular flexibility index (Phi) is 4.56. The van der Waals surface area contributed by atoms with Crippen LogP contribution in [0.25, 0.3) is 10.4 Å². The molecule has 1 N–H and O–H groups in total. The minimum atomic E-state index is -1.24. The normalized spacial score (nSPS) is 14.6. The molecule has 1 aliphatic heterocycles. The quantitative estimate of drug-likeness (QED) is 0.685. The zero-order valence-electron chi connectivity index (χ0n) is 11.4. The van der Waals surface area contributed by atoms with Gasteiger partial charge in [0.1, 0.15) is 10.7 Å². The van der Waals surface area contributed by atoms with Crippen LogP contribution in [0.1, 0.15) is 22.5 Å². The van der Waals surface area contributed by atoms with Gasteiger partial charge in [-0.2, -0.15) is 0 Å². The van der Waals surface area contributed by atoms with Crippen LogP contribution in [0.4, 0.5) is 10.1 Å². The van der Waals surface area contributed by atoms with Crippen molar-refractivity contribution in [3.8, 4) is 10.4 Å². The Morgan fingerprint density at radius 1 is 1.18 bits per heavy atom. The van der Waals surface area contributed by atoms with Crippen LogP contribution in [-0.4, -0.2) is 24.2 Å². The number of thiophene rings is 1. The van der Waals surface area contributed by atoms with Gasteiger partial charge in [-0.25, -0.2) is 9.18 Å². The number of anilines is 1. The van der Waals surface area contributed by atoms with E-state index in [-0.39, 0.29) is 4.88 Å². The molecule has 0 unspecified atom stereocenters. The Labute approximate surface area is 148 Å². The SMILES string of the molecule is O=C(O)c1sc(-c2cc(Br)c(N3CCCC3)c(Br)c2)cc1F. The first-order valence-corrected chi connectivity index (χ1v) is 9.14. The summed E-state index contributed by atoms with van der Waals surface area (Å²) in [5, 5.41) is 8.97. The Balaban J connectivity index is 2.02. The number of nitrogens with zero attached hydrogens (tertiary/aromatic N) is 1. The van der Waals surface area contributed by atoms with E-state index in [4.69, 9.17) is 5.11 Å². The van der Waals surface area contributed by atoms with Crippen molar-refractivity contribution in [2.24, 2.45) is 0 Å². The predicted octanol–water partition coefficient (Wildman–Crippen LogP) is 5.38. The number of hydrogen-bond donors (Lipinski definition) is 1. The standard InChI is InChI=1S/C15H12Br2FNO2S/c16-9-5-8(12-7-11(18)14(22-12)15(20)21)6-10(17)13(9)19-3-1-2-4-19/h5-7H,1-4H2,(H,20,21). The van der Waals surface area contributed by atoms with Gasteiger partial charge in [0.15, 0.2) is 0 Å². The smallest absolute Gasteiger partial charge is 0.348 e. The van der Waals surface area contributed by atoms with Crippen LogP contribution in [0, 0.1) is 5.82 Å².